The summed E-state index contributed by atoms with van der Waals surface area (Å²) in [5, 5.41) is 13.8. The fourth-order valence-corrected chi connectivity index (χ4v) is 6.11. The van der Waals surface area contributed by atoms with Gasteiger partial charge in [0, 0.05) is 6.42 Å². The van der Waals surface area contributed by atoms with Crippen molar-refractivity contribution in [3.05, 3.63) is 12.2 Å². The van der Waals surface area contributed by atoms with Crippen LogP contribution in [0, 0.1) is 0 Å². The highest BCUT2D eigenvalue weighted by Gasteiger charge is 2.24. The lowest BCUT2D eigenvalue weighted by atomic mass is 10.0. The Hall–Kier alpha value is -0.760. The lowest BCUT2D eigenvalue weighted by molar-refractivity contribution is -0.870. The van der Waals surface area contributed by atoms with Gasteiger partial charge in [-0.3, -0.25) is 9.36 Å². The second kappa shape index (κ2) is 30.3. The highest BCUT2D eigenvalue weighted by molar-refractivity contribution is 7.45. The Balaban J connectivity index is 4.49. The van der Waals surface area contributed by atoms with Crippen molar-refractivity contribution in [1.82, 2.24) is 5.32 Å². The third-order valence-corrected chi connectivity index (χ3v) is 9.47. The maximum absolute atomic E-state index is 12.8. The first kappa shape index (κ1) is 45.2. The zero-order valence-electron chi connectivity index (χ0n) is 30.8. The van der Waals surface area contributed by atoms with Crippen molar-refractivity contribution in [2.45, 2.75) is 180 Å². The van der Waals surface area contributed by atoms with E-state index in [1.165, 1.54) is 96.3 Å². The predicted octanol–water partition coefficient (Wildman–Crippen LogP) is 9.00. The van der Waals surface area contributed by atoms with E-state index in [1.807, 2.05) is 21.1 Å². The monoisotopic (exact) mass is 675 g/mol. The van der Waals surface area contributed by atoms with Gasteiger partial charge in [0.25, 0.3) is 7.82 Å². The van der Waals surface area contributed by atoms with Crippen LogP contribution >= 0.6 is 7.82 Å². The molecule has 3 atom stereocenters. The number of aliphatic hydroxyl groups is 1. The van der Waals surface area contributed by atoms with Crippen molar-refractivity contribution in [1.29, 1.82) is 0 Å². The van der Waals surface area contributed by atoms with E-state index in [2.05, 4.69) is 31.3 Å². The van der Waals surface area contributed by atoms with Crippen LogP contribution in [0.25, 0.3) is 0 Å². The number of phosphoric ester groups is 1. The highest BCUT2D eigenvalue weighted by Crippen LogP contribution is 2.38. The van der Waals surface area contributed by atoms with Gasteiger partial charge in [0.2, 0.25) is 5.91 Å². The third kappa shape index (κ3) is 31.8. The molecule has 0 heterocycles. The largest absolute Gasteiger partial charge is 0.756 e. The van der Waals surface area contributed by atoms with E-state index >= 15 is 0 Å². The second-order valence-corrected chi connectivity index (χ2v) is 15.7. The molecular formula is C37H75N2O6P. The normalized spacial score (nSPS) is 14.8. The summed E-state index contributed by atoms with van der Waals surface area (Å²) >= 11 is 0. The maximum atomic E-state index is 12.8. The molecule has 0 radical (unpaired) electrons. The zero-order chi connectivity index (χ0) is 34.4. The summed E-state index contributed by atoms with van der Waals surface area (Å²) < 4.78 is 23.1. The lowest BCUT2D eigenvalue weighted by Gasteiger charge is -2.30. The topological polar surface area (TPSA) is 108 Å². The van der Waals surface area contributed by atoms with E-state index in [0.29, 0.717) is 23.9 Å². The fraction of sp³-hybridized carbons (Fsp3) is 0.919. The lowest BCUT2D eigenvalue weighted by Crippen LogP contribution is -2.46. The quantitative estimate of drug-likeness (QED) is 0.0305. The molecule has 1 amide bonds. The molecule has 46 heavy (non-hydrogen) atoms. The molecule has 8 nitrogen and oxygen atoms in total. The number of nitrogens with zero attached hydrogens (tertiary/aromatic N) is 1. The van der Waals surface area contributed by atoms with E-state index < -0.39 is 20.0 Å². The van der Waals surface area contributed by atoms with Crippen molar-refractivity contribution < 1.29 is 32.9 Å². The van der Waals surface area contributed by atoms with Crippen LogP contribution in [-0.4, -0.2) is 68.5 Å². The van der Waals surface area contributed by atoms with Gasteiger partial charge in [-0.2, -0.15) is 0 Å². The first-order valence-electron chi connectivity index (χ1n) is 19.0. The number of likely N-dealkylation sites (N-methyl/N-ethyl adjacent to an activating group) is 1. The number of quaternary nitrogens is 1. The fourth-order valence-electron chi connectivity index (χ4n) is 5.38. The Bertz CT molecular complexity index is 773. The summed E-state index contributed by atoms with van der Waals surface area (Å²) in [6.07, 6.45) is 30.7. The van der Waals surface area contributed by atoms with E-state index in [-0.39, 0.29) is 19.1 Å². The molecule has 0 aromatic carbocycles. The molecule has 0 saturated heterocycles. The number of amides is 1. The smallest absolute Gasteiger partial charge is 0.268 e. The van der Waals surface area contributed by atoms with Crippen LogP contribution in [0.4, 0.5) is 0 Å². The number of allylic oxidation sites excluding steroid dienone is 2. The molecule has 0 saturated carbocycles. The van der Waals surface area contributed by atoms with Gasteiger partial charge in [-0.15, -0.1) is 0 Å². The average molecular weight is 675 g/mol. The molecule has 9 heteroatoms. The number of rotatable bonds is 34. The Morgan fingerprint density at radius 3 is 1.70 bits per heavy atom. The Morgan fingerprint density at radius 1 is 0.739 bits per heavy atom. The van der Waals surface area contributed by atoms with Crippen LogP contribution in [0.5, 0.6) is 0 Å². The van der Waals surface area contributed by atoms with E-state index in [0.717, 1.165) is 44.9 Å². The zero-order valence-corrected chi connectivity index (χ0v) is 31.7. The third-order valence-electron chi connectivity index (χ3n) is 8.50. The second-order valence-electron chi connectivity index (χ2n) is 14.3. The molecule has 0 rings (SSSR count). The standard InChI is InChI=1S/C37H75N2O6P/c1-6-8-10-12-14-16-18-19-21-23-25-27-29-31-37(41)38-35(34-45-46(42,43)44-33-32-39(3,4)5)36(40)30-28-26-24-22-20-17-15-13-11-9-7-2/h20,22,35-36,40H,6-19,21,23-34H2,1-5H3,(H-,38,41,42,43)/b22-20+/t35-,36+/m0/s1. The molecule has 0 spiro atoms. The molecule has 0 bridgehead atoms. The highest BCUT2D eigenvalue weighted by atomic mass is 31.2. The Labute approximate surface area is 284 Å². The molecule has 0 aliphatic heterocycles. The summed E-state index contributed by atoms with van der Waals surface area (Å²) in [5.41, 5.74) is 0. The average Bonchev–Trinajstić information content (AvgIpc) is 2.99. The van der Waals surface area contributed by atoms with Crippen LogP contribution in [0.3, 0.4) is 0 Å². The molecule has 0 aliphatic rings. The van der Waals surface area contributed by atoms with E-state index in [9.17, 15) is 19.4 Å². The first-order valence-corrected chi connectivity index (χ1v) is 20.5. The van der Waals surface area contributed by atoms with Gasteiger partial charge in [-0.05, 0) is 38.5 Å². The van der Waals surface area contributed by atoms with Gasteiger partial charge in [0.15, 0.2) is 0 Å². The molecule has 0 fully saturated rings. The van der Waals surface area contributed by atoms with Crippen molar-refractivity contribution in [2.24, 2.45) is 0 Å². The predicted molar refractivity (Wildman–Crippen MR) is 192 cm³/mol. The van der Waals surface area contributed by atoms with Crippen LogP contribution in [0.15, 0.2) is 12.2 Å². The number of hydrogen-bond acceptors (Lipinski definition) is 6. The van der Waals surface area contributed by atoms with Gasteiger partial charge >= 0.3 is 0 Å². The molecule has 0 aliphatic carbocycles. The number of phosphoric acid groups is 1. The Morgan fingerprint density at radius 2 is 1.20 bits per heavy atom. The number of carbonyl (C=O) groups is 1. The maximum Gasteiger partial charge on any atom is 0.268 e. The van der Waals surface area contributed by atoms with Crippen LogP contribution < -0.4 is 10.2 Å². The van der Waals surface area contributed by atoms with Gasteiger partial charge in [-0.25, -0.2) is 0 Å². The van der Waals surface area contributed by atoms with Gasteiger partial charge in [0.1, 0.15) is 13.2 Å². The molecule has 274 valence electrons. The van der Waals surface area contributed by atoms with Gasteiger partial charge < -0.3 is 28.8 Å². The van der Waals surface area contributed by atoms with E-state index in [4.69, 9.17) is 9.05 Å². The summed E-state index contributed by atoms with van der Waals surface area (Å²) in [7, 11) is 1.29. The van der Waals surface area contributed by atoms with E-state index in [1.54, 1.807) is 0 Å². The molecule has 1 unspecified atom stereocenters. The SMILES string of the molecule is CCCCCCC/C=C/CCCC[C@@H](O)[C@H](COP(=O)([O-])OCC[N+](C)(C)C)NC(=O)CCCCCCCCCCCCCCC. The van der Waals surface area contributed by atoms with Crippen molar-refractivity contribution in [3.8, 4) is 0 Å². The summed E-state index contributed by atoms with van der Waals surface area (Å²) in [6, 6.07) is -0.808. The minimum absolute atomic E-state index is 0.00909. The minimum Gasteiger partial charge on any atom is -0.756 e. The molecule has 0 aromatic heterocycles. The molecule has 2 N–H and O–H groups in total. The first-order chi connectivity index (χ1) is 22.0. The van der Waals surface area contributed by atoms with Crippen molar-refractivity contribution in [3.63, 3.8) is 0 Å². The Kier molecular flexibility index (Phi) is 29.8. The number of carbonyl (C=O) groups excluding carboxylic acids is 1. The van der Waals surface area contributed by atoms with Gasteiger partial charge in [-0.1, -0.05) is 135 Å². The van der Waals surface area contributed by atoms with Crippen molar-refractivity contribution >= 4 is 13.7 Å². The number of unbranched alkanes of at least 4 members (excludes halogenated alkanes) is 19. The number of aliphatic hydroxyl groups excluding tert-OH is 1. The summed E-state index contributed by atoms with van der Waals surface area (Å²) in [5.74, 6) is -0.177. The van der Waals surface area contributed by atoms with Crippen LogP contribution in [0.2, 0.25) is 0 Å². The molecular weight excluding hydrogens is 599 g/mol. The van der Waals surface area contributed by atoms with Crippen LogP contribution in [0.1, 0.15) is 168 Å². The van der Waals surface area contributed by atoms with Gasteiger partial charge in [0.05, 0.1) is 39.9 Å². The molecule has 0 aromatic rings. The summed E-state index contributed by atoms with van der Waals surface area (Å²) in [6.45, 7) is 4.66. The van der Waals surface area contributed by atoms with Crippen LogP contribution in [-0.2, 0) is 18.4 Å². The number of hydrogen-bond donors (Lipinski definition) is 2. The minimum atomic E-state index is -4.55. The van der Waals surface area contributed by atoms with Crippen molar-refractivity contribution in [2.75, 3.05) is 40.9 Å². The summed E-state index contributed by atoms with van der Waals surface area (Å²) in [4.78, 5) is 25.1. The number of nitrogens with one attached hydrogen (secondary N) is 1.